The molecule has 10 heavy (non-hydrogen) atoms. The quantitative estimate of drug-likeness (QED) is 0.225. The summed E-state index contributed by atoms with van der Waals surface area (Å²) >= 11 is 0. The van der Waals surface area contributed by atoms with Crippen LogP contribution < -0.4 is 28.0 Å². The van der Waals surface area contributed by atoms with Crippen molar-refractivity contribution in [3.8, 4) is 0 Å². The predicted octanol–water partition coefficient (Wildman–Crippen LogP) is -3.44. The Morgan fingerprint density at radius 1 is 0.900 bits per heavy atom. The second-order valence-electron chi connectivity index (χ2n) is 1.98. The molecule has 6 heteroatoms. The first kappa shape index (κ1) is 6.72. The van der Waals surface area contributed by atoms with Gasteiger partial charge < -0.3 is 28.1 Å². The van der Waals surface area contributed by atoms with Crippen molar-refractivity contribution in [1.29, 1.82) is 0 Å². The average molecular weight is 143 g/mol. The lowest BCUT2D eigenvalue weighted by molar-refractivity contribution is -0.762. The SMILES string of the molecule is NC1=C(N)[NH+]([O-])C(N)=C1N. The van der Waals surface area contributed by atoms with Gasteiger partial charge in [0, 0.05) is 0 Å². The molecule has 0 atom stereocenters. The third-order valence-electron chi connectivity index (χ3n) is 1.36. The van der Waals surface area contributed by atoms with Crippen molar-refractivity contribution in [3.63, 3.8) is 0 Å². The fraction of sp³-hybridized carbons (Fsp3) is 0. The number of rotatable bonds is 0. The van der Waals surface area contributed by atoms with Gasteiger partial charge in [-0.25, -0.2) is 0 Å². The van der Waals surface area contributed by atoms with Crippen LogP contribution in [0, 0.1) is 5.21 Å². The molecule has 0 aromatic heterocycles. The topological polar surface area (TPSA) is 132 Å². The van der Waals surface area contributed by atoms with Gasteiger partial charge in [-0.05, 0) is 0 Å². The van der Waals surface area contributed by atoms with Crippen molar-refractivity contribution in [1.82, 2.24) is 0 Å². The molecular formula is C4H9N5O. The maximum Gasteiger partial charge on any atom is 0.229 e. The summed E-state index contributed by atoms with van der Waals surface area (Å²) < 4.78 is 0. The molecule has 1 aliphatic heterocycles. The van der Waals surface area contributed by atoms with E-state index >= 15 is 0 Å². The number of quaternary nitrogens is 1. The summed E-state index contributed by atoms with van der Waals surface area (Å²) in [7, 11) is 0. The lowest BCUT2D eigenvalue weighted by Gasteiger charge is -2.15. The molecule has 9 N–H and O–H groups in total. The summed E-state index contributed by atoms with van der Waals surface area (Å²) in [6, 6.07) is 0. The summed E-state index contributed by atoms with van der Waals surface area (Å²) in [5.41, 5.74) is 21.1. The molecule has 0 saturated carbocycles. The molecular weight excluding hydrogens is 134 g/mol. The smallest absolute Gasteiger partial charge is 0.229 e. The Bertz CT molecular complexity index is 206. The van der Waals surface area contributed by atoms with Gasteiger partial charge in [-0.15, -0.1) is 0 Å². The van der Waals surface area contributed by atoms with E-state index in [2.05, 4.69) is 0 Å². The first-order chi connectivity index (χ1) is 4.55. The van der Waals surface area contributed by atoms with E-state index in [4.69, 9.17) is 22.9 Å². The van der Waals surface area contributed by atoms with Gasteiger partial charge in [-0.2, -0.15) is 0 Å². The lowest BCUT2D eigenvalue weighted by atomic mass is 10.4. The average Bonchev–Trinajstić information content (AvgIpc) is 2.07. The van der Waals surface area contributed by atoms with Crippen LogP contribution >= 0.6 is 0 Å². The van der Waals surface area contributed by atoms with Crippen LogP contribution in [0.4, 0.5) is 0 Å². The molecule has 0 bridgehead atoms. The Labute approximate surface area is 57.3 Å². The fourth-order valence-corrected chi connectivity index (χ4v) is 0.680. The molecule has 0 aromatic rings. The monoisotopic (exact) mass is 143 g/mol. The van der Waals surface area contributed by atoms with Gasteiger partial charge in [0.1, 0.15) is 11.4 Å². The van der Waals surface area contributed by atoms with E-state index in [9.17, 15) is 5.21 Å². The Balaban J connectivity index is 3.09. The Morgan fingerprint density at radius 3 is 1.30 bits per heavy atom. The van der Waals surface area contributed by atoms with E-state index in [1.54, 1.807) is 0 Å². The Kier molecular flexibility index (Phi) is 1.20. The van der Waals surface area contributed by atoms with Gasteiger partial charge in [0.15, 0.2) is 0 Å². The number of hydrogen-bond acceptors (Lipinski definition) is 5. The van der Waals surface area contributed by atoms with Crippen LogP contribution in [0.1, 0.15) is 0 Å². The maximum absolute atomic E-state index is 10.8. The molecule has 0 unspecified atom stereocenters. The van der Waals surface area contributed by atoms with Crippen LogP contribution in [0.3, 0.4) is 0 Å². The van der Waals surface area contributed by atoms with Crippen LogP contribution in [0.2, 0.25) is 0 Å². The second kappa shape index (κ2) is 1.79. The van der Waals surface area contributed by atoms with E-state index in [1.807, 2.05) is 0 Å². The van der Waals surface area contributed by atoms with Crippen molar-refractivity contribution < 1.29 is 5.06 Å². The standard InChI is InChI=1S/C4H9N5O/c5-1-2(6)4(8)9(10)3(1)7/h9H,5-8H2. The number of hydroxylamine groups is 2. The summed E-state index contributed by atoms with van der Waals surface area (Å²) in [6.07, 6.45) is 0. The third-order valence-corrected chi connectivity index (χ3v) is 1.36. The minimum absolute atomic E-state index is 0.0602. The van der Waals surface area contributed by atoms with Crippen LogP contribution in [0.15, 0.2) is 23.0 Å². The molecule has 0 saturated heterocycles. The predicted molar refractivity (Wildman–Crippen MR) is 35.1 cm³/mol. The van der Waals surface area contributed by atoms with Gasteiger partial charge in [-0.3, -0.25) is 5.06 Å². The van der Waals surface area contributed by atoms with E-state index in [0.717, 1.165) is 0 Å². The molecule has 0 aliphatic carbocycles. The first-order valence-electron chi connectivity index (χ1n) is 2.61. The molecule has 0 amide bonds. The molecule has 0 fully saturated rings. The van der Waals surface area contributed by atoms with Crippen LogP contribution in [0.25, 0.3) is 0 Å². The normalized spacial score (nSPS) is 20.9. The van der Waals surface area contributed by atoms with Gasteiger partial charge in [0.2, 0.25) is 11.6 Å². The maximum atomic E-state index is 10.8. The molecule has 1 aliphatic rings. The van der Waals surface area contributed by atoms with E-state index in [1.165, 1.54) is 0 Å². The van der Waals surface area contributed by atoms with Crippen LogP contribution in [-0.4, -0.2) is 0 Å². The third kappa shape index (κ3) is 0.598. The molecule has 0 spiro atoms. The molecule has 1 rings (SSSR count). The minimum Gasteiger partial charge on any atom is -0.621 e. The van der Waals surface area contributed by atoms with Crippen LogP contribution in [-0.2, 0) is 0 Å². The zero-order chi connectivity index (χ0) is 7.89. The lowest BCUT2D eigenvalue weighted by Crippen LogP contribution is -3.05. The van der Waals surface area contributed by atoms with E-state index in [0.29, 0.717) is 0 Å². The number of nitrogens with two attached hydrogens (primary N) is 4. The van der Waals surface area contributed by atoms with Gasteiger partial charge in [-0.1, -0.05) is 0 Å². The molecule has 0 radical (unpaired) electrons. The highest BCUT2D eigenvalue weighted by Crippen LogP contribution is 2.02. The zero-order valence-electron chi connectivity index (χ0n) is 5.22. The van der Waals surface area contributed by atoms with E-state index < -0.39 is 5.06 Å². The highest BCUT2D eigenvalue weighted by Gasteiger charge is 2.24. The van der Waals surface area contributed by atoms with Gasteiger partial charge >= 0.3 is 0 Å². The summed E-state index contributed by atoms with van der Waals surface area (Å²) in [5.74, 6) is -0.120. The number of hydrogen-bond donors (Lipinski definition) is 5. The summed E-state index contributed by atoms with van der Waals surface area (Å²) in [5, 5.41) is 10.3. The van der Waals surface area contributed by atoms with Gasteiger partial charge in [0.05, 0.1) is 0 Å². The van der Waals surface area contributed by atoms with Crippen molar-refractivity contribution in [2.24, 2.45) is 22.9 Å². The molecule has 0 aromatic carbocycles. The second-order valence-corrected chi connectivity index (χ2v) is 1.98. The largest absolute Gasteiger partial charge is 0.621 e. The van der Waals surface area contributed by atoms with Crippen molar-refractivity contribution in [2.45, 2.75) is 0 Å². The first-order valence-corrected chi connectivity index (χ1v) is 2.61. The highest BCUT2D eigenvalue weighted by molar-refractivity contribution is 5.32. The van der Waals surface area contributed by atoms with Crippen molar-refractivity contribution >= 4 is 0 Å². The van der Waals surface area contributed by atoms with E-state index in [-0.39, 0.29) is 23.0 Å². The zero-order valence-corrected chi connectivity index (χ0v) is 5.22. The van der Waals surface area contributed by atoms with Crippen molar-refractivity contribution in [2.75, 3.05) is 0 Å². The highest BCUT2D eigenvalue weighted by atomic mass is 16.5. The number of nitrogens with one attached hydrogen (secondary N) is 1. The molecule has 1 heterocycles. The van der Waals surface area contributed by atoms with Crippen LogP contribution in [0.5, 0.6) is 0 Å². The fourth-order valence-electron chi connectivity index (χ4n) is 0.680. The Hall–Kier alpha value is -1.40. The summed E-state index contributed by atoms with van der Waals surface area (Å²) in [6.45, 7) is 0. The Morgan fingerprint density at radius 2 is 1.20 bits per heavy atom. The van der Waals surface area contributed by atoms with Gasteiger partial charge in [0.25, 0.3) is 0 Å². The van der Waals surface area contributed by atoms with Crippen molar-refractivity contribution in [3.05, 3.63) is 28.2 Å². The molecule has 56 valence electrons. The summed E-state index contributed by atoms with van der Waals surface area (Å²) in [4.78, 5) is 0. The molecule has 6 nitrogen and oxygen atoms in total. The minimum atomic E-state index is -0.477.